The molecule has 0 saturated carbocycles. The van der Waals surface area contributed by atoms with Gasteiger partial charge in [-0.3, -0.25) is 0 Å². The highest BCUT2D eigenvalue weighted by molar-refractivity contribution is 9.10. The van der Waals surface area contributed by atoms with E-state index in [2.05, 4.69) is 28.2 Å². The van der Waals surface area contributed by atoms with Crippen molar-refractivity contribution in [2.45, 2.75) is 19.4 Å². The maximum absolute atomic E-state index is 6.10. The topological polar surface area (TPSA) is 12.0 Å². The summed E-state index contributed by atoms with van der Waals surface area (Å²) in [4.78, 5) is 0. The van der Waals surface area contributed by atoms with Crippen molar-refractivity contribution in [3.63, 3.8) is 0 Å². The van der Waals surface area contributed by atoms with E-state index in [4.69, 9.17) is 23.2 Å². The highest BCUT2D eigenvalue weighted by Gasteiger charge is 2.09. The average Bonchev–Trinajstić information content (AvgIpc) is 2.41. The Hall–Kier alpha value is -0.700. The van der Waals surface area contributed by atoms with Gasteiger partial charge in [-0.2, -0.15) is 0 Å². The van der Waals surface area contributed by atoms with Gasteiger partial charge in [-0.05, 0) is 58.2 Å². The molecule has 0 aliphatic heterocycles. The predicted octanol–water partition coefficient (Wildman–Crippen LogP) is 6.32. The molecule has 0 bridgehead atoms. The largest absolute Gasteiger partial charge is 0.378 e. The highest BCUT2D eigenvalue weighted by Crippen LogP contribution is 2.29. The molecule has 0 amide bonds. The molecule has 1 nitrogen and oxygen atoms in total. The quantitative estimate of drug-likeness (QED) is 0.674. The van der Waals surface area contributed by atoms with Crippen LogP contribution in [0.25, 0.3) is 0 Å². The Balaban J connectivity index is 2.18. The van der Waals surface area contributed by atoms with Crippen LogP contribution in [0.2, 0.25) is 10.0 Å². The molecule has 19 heavy (non-hydrogen) atoms. The lowest BCUT2D eigenvalue weighted by Gasteiger charge is -2.19. The van der Waals surface area contributed by atoms with Crippen LogP contribution >= 0.6 is 39.1 Å². The van der Waals surface area contributed by atoms with Crippen molar-refractivity contribution in [3.8, 4) is 0 Å². The molecule has 0 saturated heterocycles. The van der Waals surface area contributed by atoms with E-state index in [1.807, 2.05) is 42.5 Å². The Morgan fingerprint density at radius 2 is 1.79 bits per heavy atom. The van der Waals surface area contributed by atoms with Crippen LogP contribution in [0, 0.1) is 0 Å². The summed E-state index contributed by atoms with van der Waals surface area (Å²) in [5.41, 5.74) is 2.22. The third-order valence-electron chi connectivity index (χ3n) is 2.94. The molecule has 0 heterocycles. The van der Waals surface area contributed by atoms with Crippen LogP contribution in [-0.4, -0.2) is 0 Å². The summed E-state index contributed by atoms with van der Waals surface area (Å²) in [5, 5.41) is 4.94. The van der Waals surface area contributed by atoms with Gasteiger partial charge in [0.2, 0.25) is 0 Å². The highest BCUT2D eigenvalue weighted by atomic mass is 79.9. The van der Waals surface area contributed by atoms with Crippen LogP contribution in [0.5, 0.6) is 0 Å². The molecule has 1 atom stereocenters. The third kappa shape index (κ3) is 3.88. The molecule has 0 aliphatic rings. The number of anilines is 1. The van der Waals surface area contributed by atoms with Crippen molar-refractivity contribution in [2.24, 2.45) is 0 Å². The van der Waals surface area contributed by atoms with E-state index in [9.17, 15) is 0 Å². The van der Waals surface area contributed by atoms with Gasteiger partial charge in [0.15, 0.2) is 0 Å². The van der Waals surface area contributed by atoms with Crippen molar-refractivity contribution >= 4 is 44.8 Å². The molecule has 0 aliphatic carbocycles. The van der Waals surface area contributed by atoms with Gasteiger partial charge < -0.3 is 5.32 Å². The van der Waals surface area contributed by atoms with Crippen LogP contribution in [0.3, 0.4) is 0 Å². The Bertz CT molecular complexity index is 555. The molecule has 0 fully saturated rings. The van der Waals surface area contributed by atoms with Crippen molar-refractivity contribution in [2.75, 3.05) is 5.32 Å². The van der Waals surface area contributed by atoms with Gasteiger partial charge in [-0.25, -0.2) is 0 Å². The molecule has 2 aromatic rings. The number of rotatable bonds is 4. The fourth-order valence-corrected chi connectivity index (χ4v) is 2.46. The number of nitrogens with one attached hydrogen (secondary N) is 1. The van der Waals surface area contributed by atoms with Crippen molar-refractivity contribution in [1.29, 1.82) is 0 Å². The number of benzene rings is 2. The van der Waals surface area contributed by atoms with E-state index < -0.39 is 0 Å². The standard InChI is InChI=1S/C15H14BrCl2N/c1-2-15(10-3-5-11(17)6-4-10)19-12-7-8-13(16)14(18)9-12/h3-9,15,19H,2H2,1H3. The molecule has 0 spiro atoms. The lowest BCUT2D eigenvalue weighted by Crippen LogP contribution is -2.09. The number of hydrogen-bond donors (Lipinski definition) is 1. The zero-order valence-corrected chi connectivity index (χ0v) is 13.6. The van der Waals surface area contributed by atoms with Gasteiger partial charge in [0.25, 0.3) is 0 Å². The number of halogens is 3. The van der Waals surface area contributed by atoms with E-state index in [0.29, 0.717) is 5.02 Å². The van der Waals surface area contributed by atoms with E-state index in [1.165, 1.54) is 5.56 Å². The molecule has 100 valence electrons. The maximum Gasteiger partial charge on any atom is 0.0568 e. The Morgan fingerprint density at radius 1 is 1.11 bits per heavy atom. The molecular formula is C15H14BrCl2N. The molecule has 1 N–H and O–H groups in total. The molecule has 0 aromatic heterocycles. The average molecular weight is 359 g/mol. The minimum Gasteiger partial charge on any atom is -0.378 e. The smallest absolute Gasteiger partial charge is 0.0568 e. The van der Waals surface area contributed by atoms with Crippen LogP contribution < -0.4 is 5.32 Å². The fourth-order valence-electron chi connectivity index (χ4n) is 1.90. The SMILES string of the molecule is CCC(Nc1ccc(Br)c(Cl)c1)c1ccc(Cl)cc1. The molecule has 2 rings (SSSR count). The van der Waals surface area contributed by atoms with Crippen molar-refractivity contribution in [3.05, 3.63) is 62.5 Å². The van der Waals surface area contributed by atoms with Crippen LogP contribution in [0.1, 0.15) is 24.9 Å². The monoisotopic (exact) mass is 357 g/mol. The van der Waals surface area contributed by atoms with E-state index in [1.54, 1.807) is 0 Å². The zero-order chi connectivity index (χ0) is 13.8. The first-order valence-corrected chi connectivity index (χ1v) is 7.62. The van der Waals surface area contributed by atoms with Crippen molar-refractivity contribution < 1.29 is 0 Å². The summed E-state index contributed by atoms with van der Waals surface area (Å²) >= 11 is 15.4. The Kier molecular flexibility index (Phi) is 5.14. The van der Waals surface area contributed by atoms with Gasteiger partial charge in [-0.1, -0.05) is 42.3 Å². The first-order valence-electron chi connectivity index (χ1n) is 6.07. The second kappa shape index (κ2) is 6.65. The third-order valence-corrected chi connectivity index (χ3v) is 4.43. The van der Waals surface area contributed by atoms with E-state index >= 15 is 0 Å². The first-order chi connectivity index (χ1) is 9.10. The second-order valence-electron chi connectivity index (χ2n) is 4.29. The zero-order valence-electron chi connectivity index (χ0n) is 10.5. The fraction of sp³-hybridized carbons (Fsp3) is 0.200. The lowest BCUT2D eigenvalue weighted by molar-refractivity contribution is 0.749. The minimum atomic E-state index is 0.245. The summed E-state index contributed by atoms with van der Waals surface area (Å²) < 4.78 is 0.902. The normalized spacial score (nSPS) is 12.2. The van der Waals surface area contributed by atoms with Crippen LogP contribution in [-0.2, 0) is 0 Å². The summed E-state index contributed by atoms with van der Waals surface area (Å²) in [7, 11) is 0. The summed E-state index contributed by atoms with van der Waals surface area (Å²) in [6.45, 7) is 2.15. The lowest BCUT2D eigenvalue weighted by atomic mass is 10.0. The summed E-state index contributed by atoms with van der Waals surface area (Å²) in [6, 6.07) is 14.0. The molecule has 2 aromatic carbocycles. The van der Waals surface area contributed by atoms with Gasteiger partial charge in [-0.15, -0.1) is 0 Å². The van der Waals surface area contributed by atoms with Gasteiger partial charge in [0.05, 0.1) is 11.1 Å². The maximum atomic E-state index is 6.10. The van der Waals surface area contributed by atoms with Crippen molar-refractivity contribution in [1.82, 2.24) is 0 Å². The molecule has 1 unspecified atom stereocenters. The molecule has 0 radical (unpaired) electrons. The summed E-state index contributed by atoms with van der Waals surface area (Å²) in [6.07, 6.45) is 0.981. The Morgan fingerprint density at radius 3 is 2.37 bits per heavy atom. The van der Waals surface area contributed by atoms with Crippen LogP contribution in [0.15, 0.2) is 46.9 Å². The second-order valence-corrected chi connectivity index (χ2v) is 5.98. The number of hydrogen-bond acceptors (Lipinski definition) is 1. The van der Waals surface area contributed by atoms with E-state index in [-0.39, 0.29) is 6.04 Å². The summed E-state index contributed by atoms with van der Waals surface area (Å²) in [5.74, 6) is 0. The first kappa shape index (κ1) is 14.7. The minimum absolute atomic E-state index is 0.245. The molecule has 4 heteroatoms. The molecular weight excluding hydrogens is 345 g/mol. The van der Waals surface area contributed by atoms with Gasteiger partial charge in [0, 0.05) is 15.2 Å². The van der Waals surface area contributed by atoms with Gasteiger partial charge in [0.1, 0.15) is 0 Å². The Labute approximate surface area is 132 Å². The van der Waals surface area contributed by atoms with Gasteiger partial charge >= 0.3 is 0 Å². The predicted molar refractivity (Wildman–Crippen MR) is 87.3 cm³/mol. The van der Waals surface area contributed by atoms with Crippen LogP contribution in [0.4, 0.5) is 5.69 Å². The van der Waals surface area contributed by atoms with E-state index in [0.717, 1.165) is 21.6 Å².